The van der Waals surface area contributed by atoms with Gasteiger partial charge in [-0.15, -0.1) is 35.3 Å². The van der Waals surface area contributed by atoms with Gasteiger partial charge in [0.25, 0.3) is 0 Å². The molecule has 0 radical (unpaired) electrons. The molecule has 1 fully saturated rings. The maximum Gasteiger partial charge on any atom is 0.191 e. The Morgan fingerprint density at radius 1 is 1.10 bits per heavy atom. The van der Waals surface area contributed by atoms with Gasteiger partial charge in [0.05, 0.1) is 32.5 Å². The van der Waals surface area contributed by atoms with Gasteiger partial charge in [-0.05, 0) is 29.1 Å². The molecule has 2 aliphatic rings. The monoisotopic (exact) mass is 558 g/mol. The second-order valence-electron chi connectivity index (χ2n) is 7.32. The van der Waals surface area contributed by atoms with Gasteiger partial charge in [-0.25, -0.2) is 0 Å². The van der Waals surface area contributed by atoms with E-state index in [0.717, 1.165) is 62.3 Å². The Kier molecular flexibility index (Phi) is 9.69. The van der Waals surface area contributed by atoms with Crippen LogP contribution in [0.25, 0.3) is 0 Å². The standard InChI is InChI=1S/C22H30N4O3S.HI/c1-23-22(24-15-17-5-6-19-20(14-17)29-10-3-9-28-19)25-16-18(21-4-2-13-30-21)26-7-11-27-12-8-26;/h2,4-6,13-14,18H,3,7-12,15-16H2,1H3,(H2,23,24,25);1H. The van der Waals surface area contributed by atoms with Gasteiger partial charge in [-0.2, -0.15) is 0 Å². The zero-order valence-electron chi connectivity index (χ0n) is 17.8. The predicted octanol–water partition coefficient (Wildman–Crippen LogP) is 3.27. The normalized spacial score (nSPS) is 17.9. The number of fused-ring (bicyclic) bond motifs is 1. The molecule has 7 nitrogen and oxygen atoms in total. The smallest absolute Gasteiger partial charge is 0.191 e. The highest BCUT2D eigenvalue weighted by Gasteiger charge is 2.23. The molecule has 31 heavy (non-hydrogen) atoms. The molecule has 4 rings (SSSR count). The highest BCUT2D eigenvalue weighted by Crippen LogP contribution is 2.30. The summed E-state index contributed by atoms with van der Waals surface area (Å²) in [6.45, 7) is 6.34. The van der Waals surface area contributed by atoms with Crippen LogP contribution >= 0.6 is 35.3 Å². The summed E-state index contributed by atoms with van der Waals surface area (Å²) in [6.07, 6.45) is 0.910. The Labute approximate surface area is 205 Å². The van der Waals surface area contributed by atoms with Crippen LogP contribution in [0.5, 0.6) is 11.5 Å². The first-order valence-corrected chi connectivity index (χ1v) is 11.4. The molecule has 2 N–H and O–H groups in total. The van der Waals surface area contributed by atoms with E-state index in [4.69, 9.17) is 14.2 Å². The largest absolute Gasteiger partial charge is 0.490 e. The van der Waals surface area contributed by atoms with Crippen molar-refractivity contribution in [3.63, 3.8) is 0 Å². The summed E-state index contributed by atoms with van der Waals surface area (Å²) in [4.78, 5) is 8.25. The number of morpholine rings is 1. The fraction of sp³-hybridized carbons (Fsp3) is 0.500. The summed E-state index contributed by atoms with van der Waals surface area (Å²) in [6, 6.07) is 10.7. The number of nitrogens with one attached hydrogen (secondary N) is 2. The van der Waals surface area contributed by atoms with Gasteiger partial charge in [-0.3, -0.25) is 9.89 Å². The molecular formula is C22H31IN4O3S. The van der Waals surface area contributed by atoms with E-state index in [0.29, 0.717) is 25.8 Å². The number of aliphatic imine (C=N–C) groups is 1. The first kappa shape index (κ1) is 24.1. The quantitative estimate of drug-likeness (QED) is 0.323. The summed E-state index contributed by atoms with van der Waals surface area (Å²) < 4.78 is 17.0. The minimum Gasteiger partial charge on any atom is -0.490 e. The summed E-state index contributed by atoms with van der Waals surface area (Å²) in [7, 11) is 1.80. The molecule has 0 saturated carbocycles. The van der Waals surface area contributed by atoms with Crippen molar-refractivity contribution >= 4 is 41.3 Å². The molecule has 3 heterocycles. The Balaban J connectivity index is 0.00000272. The Bertz CT molecular complexity index is 828. The molecule has 9 heteroatoms. The molecule has 2 aromatic rings. The summed E-state index contributed by atoms with van der Waals surface area (Å²) >= 11 is 1.80. The SMILES string of the molecule is CN=C(NCc1ccc2c(c1)OCCCO2)NCC(c1cccs1)N1CCOCC1.I. The molecule has 1 aromatic heterocycles. The summed E-state index contributed by atoms with van der Waals surface area (Å²) in [5.41, 5.74) is 1.13. The minimum atomic E-state index is 0. The van der Waals surface area contributed by atoms with Crippen molar-refractivity contribution in [2.45, 2.75) is 19.0 Å². The van der Waals surface area contributed by atoms with Crippen LogP contribution in [0.1, 0.15) is 22.9 Å². The van der Waals surface area contributed by atoms with Crippen LogP contribution in [-0.2, 0) is 11.3 Å². The van der Waals surface area contributed by atoms with Crippen LogP contribution in [0, 0.1) is 0 Å². The number of guanidine groups is 1. The third-order valence-corrected chi connectivity index (χ3v) is 6.29. The number of thiophene rings is 1. The van der Waals surface area contributed by atoms with E-state index in [9.17, 15) is 0 Å². The lowest BCUT2D eigenvalue weighted by molar-refractivity contribution is 0.0177. The van der Waals surface area contributed by atoms with E-state index < -0.39 is 0 Å². The fourth-order valence-corrected chi connectivity index (χ4v) is 4.56. The molecule has 0 amide bonds. The van der Waals surface area contributed by atoms with E-state index in [2.05, 4.69) is 44.1 Å². The van der Waals surface area contributed by atoms with Crippen molar-refractivity contribution < 1.29 is 14.2 Å². The average Bonchev–Trinajstić information content (AvgIpc) is 3.21. The van der Waals surface area contributed by atoms with Crippen LogP contribution in [0.15, 0.2) is 40.7 Å². The maximum atomic E-state index is 5.80. The second kappa shape index (κ2) is 12.5. The Morgan fingerprint density at radius 3 is 2.65 bits per heavy atom. The molecule has 1 aromatic carbocycles. The molecule has 170 valence electrons. The number of hydrogen-bond acceptors (Lipinski definition) is 6. The number of benzene rings is 1. The highest BCUT2D eigenvalue weighted by atomic mass is 127. The maximum absolute atomic E-state index is 5.80. The van der Waals surface area contributed by atoms with Gasteiger partial charge in [0.2, 0.25) is 0 Å². The topological polar surface area (TPSA) is 67.4 Å². The fourth-order valence-electron chi connectivity index (χ4n) is 3.70. The number of halogens is 1. The Hall–Kier alpha value is -1.56. The van der Waals surface area contributed by atoms with Gasteiger partial charge in [0.15, 0.2) is 17.5 Å². The molecule has 2 aliphatic heterocycles. The van der Waals surface area contributed by atoms with Crippen LogP contribution in [-0.4, -0.2) is 64.0 Å². The molecule has 0 bridgehead atoms. The average molecular weight is 558 g/mol. The molecule has 1 atom stereocenters. The van der Waals surface area contributed by atoms with Gasteiger partial charge in [0, 0.05) is 44.5 Å². The zero-order valence-corrected chi connectivity index (χ0v) is 21.0. The lowest BCUT2D eigenvalue weighted by atomic mass is 10.2. The van der Waals surface area contributed by atoms with E-state index in [1.807, 2.05) is 12.1 Å². The van der Waals surface area contributed by atoms with E-state index in [1.165, 1.54) is 4.88 Å². The molecule has 1 unspecified atom stereocenters. The molecule has 0 aliphatic carbocycles. The van der Waals surface area contributed by atoms with Crippen molar-refractivity contribution in [1.29, 1.82) is 0 Å². The summed E-state index contributed by atoms with van der Waals surface area (Å²) in [5.74, 6) is 2.43. The van der Waals surface area contributed by atoms with Crippen LogP contribution < -0.4 is 20.1 Å². The number of nitrogens with zero attached hydrogens (tertiary/aromatic N) is 2. The first-order valence-electron chi connectivity index (χ1n) is 10.5. The number of hydrogen-bond donors (Lipinski definition) is 2. The molecular weight excluding hydrogens is 527 g/mol. The van der Waals surface area contributed by atoms with Crippen molar-refractivity contribution in [2.24, 2.45) is 4.99 Å². The van der Waals surface area contributed by atoms with Gasteiger partial charge in [-0.1, -0.05) is 12.1 Å². The van der Waals surface area contributed by atoms with E-state index in [-0.39, 0.29) is 24.0 Å². The van der Waals surface area contributed by atoms with Gasteiger partial charge >= 0.3 is 0 Å². The van der Waals surface area contributed by atoms with Crippen molar-refractivity contribution in [2.75, 3.05) is 53.1 Å². The first-order chi connectivity index (χ1) is 14.8. The highest BCUT2D eigenvalue weighted by molar-refractivity contribution is 14.0. The predicted molar refractivity (Wildman–Crippen MR) is 135 cm³/mol. The zero-order chi connectivity index (χ0) is 20.6. The molecule has 0 spiro atoms. The number of rotatable bonds is 6. The van der Waals surface area contributed by atoms with Crippen molar-refractivity contribution in [1.82, 2.24) is 15.5 Å². The molecule has 1 saturated heterocycles. The van der Waals surface area contributed by atoms with Crippen LogP contribution in [0.4, 0.5) is 0 Å². The van der Waals surface area contributed by atoms with Crippen LogP contribution in [0.3, 0.4) is 0 Å². The lowest BCUT2D eigenvalue weighted by Gasteiger charge is -2.34. The third-order valence-electron chi connectivity index (χ3n) is 5.32. The van der Waals surface area contributed by atoms with Crippen LogP contribution in [0.2, 0.25) is 0 Å². The van der Waals surface area contributed by atoms with Gasteiger partial charge < -0.3 is 24.8 Å². The van der Waals surface area contributed by atoms with Gasteiger partial charge in [0.1, 0.15) is 0 Å². The third kappa shape index (κ3) is 6.71. The van der Waals surface area contributed by atoms with Crippen molar-refractivity contribution in [3.8, 4) is 11.5 Å². The minimum absolute atomic E-state index is 0. The van der Waals surface area contributed by atoms with E-state index >= 15 is 0 Å². The lowest BCUT2D eigenvalue weighted by Crippen LogP contribution is -2.46. The van der Waals surface area contributed by atoms with Crippen molar-refractivity contribution in [3.05, 3.63) is 46.2 Å². The Morgan fingerprint density at radius 2 is 1.90 bits per heavy atom. The number of ether oxygens (including phenoxy) is 3. The summed E-state index contributed by atoms with van der Waals surface area (Å²) in [5, 5.41) is 9.06. The van der Waals surface area contributed by atoms with E-state index in [1.54, 1.807) is 18.4 Å². The second-order valence-corrected chi connectivity index (χ2v) is 8.30.